The number of rotatable bonds is 5. The summed E-state index contributed by atoms with van der Waals surface area (Å²) in [6, 6.07) is 8.89. The van der Waals surface area contributed by atoms with E-state index in [1.807, 2.05) is 0 Å². The molecule has 4 rings (SSSR count). The molecule has 148 valence electrons. The van der Waals surface area contributed by atoms with Crippen molar-refractivity contribution in [3.8, 4) is 17.5 Å². The molecule has 2 heterocycles. The summed E-state index contributed by atoms with van der Waals surface area (Å²) in [6.07, 6.45) is 7.52. The molecule has 28 heavy (non-hydrogen) atoms. The summed E-state index contributed by atoms with van der Waals surface area (Å²) in [5, 5.41) is 12.7. The van der Waals surface area contributed by atoms with Crippen LogP contribution in [0.25, 0.3) is 11.5 Å². The minimum absolute atomic E-state index is 0.231. The van der Waals surface area contributed by atoms with Crippen LogP contribution in [0.1, 0.15) is 50.6 Å². The highest BCUT2D eigenvalue weighted by Gasteiger charge is 2.27. The zero-order valence-electron chi connectivity index (χ0n) is 15.7. The highest BCUT2D eigenvalue weighted by Crippen LogP contribution is 2.30. The van der Waals surface area contributed by atoms with Crippen LogP contribution in [0.15, 0.2) is 33.6 Å². The first-order chi connectivity index (χ1) is 13.6. The molecule has 7 nitrogen and oxygen atoms in total. The van der Waals surface area contributed by atoms with Gasteiger partial charge in [-0.2, -0.15) is 14.6 Å². The second-order valence-corrected chi connectivity index (χ2v) is 9.36. The molecule has 1 aliphatic heterocycles. The lowest BCUT2D eigenvalue weighted by Crippen LogP contribution is -2.27. The number of nitrogens with zero attached hydrogens (tertiary/aromatic N) is 3. The fraction of sp³-hybridized carbons (Fsp3) is 0.500. The Bertz CT molecular complexity index is 964. The summed E-state index contributed by atoms with van der Waals surface area (Å²) < 4.78 is 32.6. The zero-order chi connectivity index (χ0) is 19.6. The van der Waals surface area contributed by atoms with Gasteiger partial charge in [0.1, 0.15) is 6.07 Å². The molecule has 1 saturated heterocycles. The maximum Gasteiger partial charge on any atom is 0.243 e. The number of benzene rings is 1. The molecular weight excluding hydrogens is 376 g/mol. The first-order valence-corrected chi connectivity index (χ1v) is 11.3. The molecule has 0 spiro atoms. The van der Waals surface area contributed by atoms with E-state index in [-0.39, 0.29) is 10.6 Å². The third-order valence-corrected chi connectivity index (χ3v) is 7.39. The molecule has 1 saturated carbocycles. The van der Waals surface area contributed by atoms with E-state index in [2.05, 4.69) is 16.4 Å². The third kappa shape index (κ3) is 3.77. The lowest BCUT2D eigenvalue weighted by Gasteiger charge is -2.22. The highest BCUT2D eigenvalue weighted by molar-refractivity contribution is 7.89. The summed E-state index contributed by atoms with van der Waals surface area (Å²) in [5.74, 6) is 0.721. The van der Waals surface area contributed by atoms with Crippen LogP contribution in [0, 0.1) is 11.3 Å². The van der Waals surface area contributed by atoms with Gasteiger partial charge in [-0.15, -0.1) is 0 Å². The Morgan fingerprint density at radius 2 is 1.75 bits per heavy atom. The summed E-state index contributed by atoms with van der Waals surface area (Å²) in [7, 11) is -3.45. The van der Waals surface area contributed by atoms with Crippen molar-refractivity contribution in [1.29, 1.82) is 5.26 Å². The average Bonchev–Trinajstić information content (AvgIpc) is 3.39. The van der Waals surface area contributed by atoms with Crippen LogP contribution < -0.4 is 5.32 Å². The standard InChI is InChI=1S/C20H24N4O3S/c21-14-18-20(22-16-6-2-1-3-7-16)27-19(23-18)15-8-10-17(11-9-15)28(25,26)24-12-4-5-13-24/h8-11,16,22H,1-7,12-13H2. The summed E-state index contributed by atoms with van der Waals surface area (Å²) in [6.45, 7) is 1.15. The predicted octanol–water partition coefficient (Wildman–Crippen LogP) is 3.74. The molecule has 0 atom stereocenters. The van der Waals surface area contributed by atoms with Gasteiger partial charge in [0.05, 0.1) is 4.90 Å². The summed E-state index contributed by atoms with van der Waals surface area (Å²) in [4.78, 5) is 4.55. The van der Waals surface area contributed by atoms with Gasteiger partial charge in [0.2, 0.25) is 27.5 Å². The topological polar surface area (TPSA) is 99.2 Å². The maximum atomic E-state index is 12.6. The normalized spacial score (nSPS) is 18.8. The van der Waals surface area contributed by atoms with Gasteiger partial charge in [-0.05, 0) is 49.9 Å². The molecule has 1 aliphatic carbocycles. The average molecular weight is 401 g/mol. The van der Waals surface area contributed by atoms with Gasteiger partial charge in [0.15, 0.2) is 0 Å². The van der Waals surface area contributed by atoms with Crippen molar-refractivity contribution in [3.63, 3.8) is 0 Å². The van der Waals surface area contributed by atoms with Crippen molar-refractivity contribution in [3.05, 3.63) is 30.0 Å². The lowest BCUT2D eigenvalue weighted by molar-refractivity contribution is 0.451. The molecule has 0 amide bonds. The number of hydrogen-bond acceptors (Lipinski definition) is 6. The van der Waals surface area contributed by atoms with E-state index in [9.17, 15) is 13.7 Å². The van der Waals surface area contributed by atoms with Gasteiger partial charge in [0, 0.05) is 24.7 Å². The van der Waals surface area contributed by atoms with E-state index in [4.69, 9.17) is 4.42 Å². The Morgan fingerprint density at radius 1 is 1.07 bits per heavy atom. The number of hydrogen-bond donors (Lipinski definition) is 1. The van der Waals surface area contributed by atoms with Gasteiger partial charge >= 0.3 is 0 Å². The molecule has 2 aromatic rings. The molecule has 0 bridgehead atoms. The number of nitrogens with one attached hydrogen (secondary N) is 1. The van der Waals surface area contributed by atoms with E-state index in [1.54, 1.807) is 24.3 Å². The minimum Gasteiger partial charge on any atom is -0.419 e. The second-order valence-electron chi connectivity index (χ2n) is 7.42. The monoisotopic (exact) mass is 400 g/mol. The number of oxazole rings is 1. The van der Waals surface area contributed by atoms with Crippen LogP contribution in [0.4, 0.5) is 5.88 Å². The quantitative estimate of drug-likeness (QED) is 0.821. The van der Waals surface area contributed by atoms with Crippen molar-refractivity contribution >= 4 is 15.9 Å². The number of anilines is 1. The molecule has 2 aliphatic rings. The van der Waals surface area contributed by atoms with E-state index in [1.165, 1.54) is 23.6 Å². The first-order valence-electron chi connectivity index (χ1n) is 9.86. The fourth-order valence-corrected chi connectivity index (χ4v) is 5.41. The molecule has 0 unspecified atom stereocenters. The van der Waals surface area contributed by atoms with Crippen LogP contribution in [-0.4, -0.2) is 36.8 Å². The SMILES string of the molecule is N#Cc1nc(-c2ccc(S(=O)(=O)N3CCCC3)cc2)oc1NC1CCCCC1. The predicted molar refractivity (Wildman–Crippen MR) is 105 cm³/mol. The molecular formula is C20H24N4O3S. The van der Waals surface area contributed by atoms with Crippen molar-refractivity contribution in [2.45, 2.75) is 55.9 Å². The Hall–Kier alpha value is -2.37. The van der Waals surface area contributed by atoms with Crippen LogP contribution in [0.5, 0.6) is 0 Å². The third-order valence-electron chi connectivity index (χ3n) is 5.48. The first kappa shape index (κ1) is 19.0. The van der Waals surface area contributed by atoms with E-state index in [0.29, 0.717) is 36.5 Å². The fourth-order valence-electron chi connectivity index (χ4n) is 3.90. The molecule has 1 aromatic carbocycles. The Balaban J connectivity index is 1.55. The lowest BCUT2D eigenvalue weighted by atomic mass is 9.95. The molecule has 0 radical (unpaired) electrons. The van der Waals surface area contributed by atoms with Crippen LogP contribution in [0.3, 0.4) is 0 Å². The van der Waals surface area contributed by atoms with Crippen molar-refractivity contribution in [1.82, 2.24) is 9.29 Å². The number of aromatic nitrogens is 1. The van der Waals surface area contributed by atoms with Crippen LogP contribution >= 0.6 is 0 Å². The van der Waals surface area contributed by atoms with Gasteiger partial charge in [-0.25, -0.2) is 8.42 Å². The number of nitriles is 1. The van der Waals surface area contributed by atoms with Crippen molar-refractivity contribution in [2.24, 2.45) is 0 Å². The van der Waals surface area contributed by atoms with Crippen LogP contribution in [0.2, 0.25) is 0 Å². The molecule has 1 aromatic heterocycles. The largest absolute Gasteiger partial charge is 0.419 e. The smallest absolute Gasteiger partial charge is 0.243 e. The van der Waals surface area contributed by atoms with Crippen LogP contribution in [-0.2, 0) is 10.0 Å². The second kappa shape index (κ2) is 7.94. The zero-order valence-corrected chi connectivity index (χ0v) is 16.5. The summed E-state index contributed by atoms with van der Waals surface area (Å²) >= 11 is 0. The Kier molecular flexibility index (Phi) is 5.38. The maximum absolute atomic E-state index is 12.6. The Labute approximate surface area is 165 Å². The van der Waals surface area contributed by atoms with E-state index >= 15 is 0 Å². The summed E-state index contributed by atoms with van der Waals surface area (Å²) in [5.41, 5.74) is 0.878. The van der Waals surface area contributed by atoms with Crippen molar-refractivity contribution < 1.29 is 12.8 Å². The molecule has 2 fully saturated rings. The van der Waals surface area contributed by atoms with Gasteiger partial charge in [-0.3, -0.25) is 0 Å². The van der Waals surface area contributed by atoms with Gasteiger partial charge in [-0.1, -0.05) is 19.3 Å². The highest BCUT2D eigenvalue weighted by atomic mass is 32.2. The van der Waals surface area contributed by atoms with E-state index < -0.39 is 10.0 Å². The van der Waals surface area contributed by atoms with Gasteiger partial charge in [0.25, 0.3) is 0 Å². The van der Waals surface area contributed by atoms with E-state index in [0.717, 1.165) is 25.7 Å². The minimum atomic E-state index is -3.45. The Morgan fingerprint density at radius 3 is 2.39 bits per heavy atom. The van der Waals surface area contributed by atoms with Crippen molar-refractivity contribution in [2.75, 3.05) is 18.4 Å². The number of sulfonamides is 1. The van der Waals surface area contributed by atoms with Gasteiger partial charge < -0.3 is 9.73 Å². The molecule has 1 N–H and O–H groups in total. The molecule has 8 heteroatoms.